The smallest absolute Gasteiger partial charge is 0.243 e. The van der Waals surface area contributed by atoms with E-state index in [1.54, 1.807) is 4.31 Å². The molecule has 1 aromatic carbocycles. The Morgan fingerprint density at radius 3 is 2.36 bits per heavy atom. The Balaban J connectivity index is 2.48. The molecule has 4 nitrogen and oxygen atoms in total. The van der Waals surface area contributed by atoms with Gasteiger partial charge in [-0.3, -0.25) is 0 Å². The minimum atomic E-state index is -3.40. The molecule has 0 aliphatic carbocycles. The number of piperidine rings is 1. The van der Waals surface area contributed by atoms with Crippen LogP contribution in [0.5, 0.6) is 5.75 Å². The van der Waals surface area contributed by atoms with E-state index in [-0.39, 0.29) is 5.92 Å². The van der Waals surface area contributed by atoms with Gasteiger partial charge in [-0.25, -0.2) is 8.42 Å². The Kier molecular flexibility index (Phi) is 5.50. The average Bonchev–Trinajstić information content (AvgIpc) is 2.48. The molecular weight excluding hydrogens is 298 g/mol. The van der Waals surface area contributed by atoms with Crippen LogP contribution in [0.25, 0.3) is 0 Å². The first-order chi connectivity index (χ1) is 10.4. The van der Waals surface area contributed by atoms with Crippen molar-refractivity contribution in [1.29, 1.82) is 0 Å². The highest BCUT2D eigenvalue weighted by Gasteiger charge is 2.28. The quantitative estimate of drug-likeness (QED) is 0.829. The van der Waals surface area contributed by atoms with Crippen molar-refractivity contribution in [3.63, 3.8) is 0 Å². The summed E-state index contributed by atoms with van der Waals surface area (Å²) in [6.07, 6.45) is 3.02. The Labute approximate surface area is 134 Å². The van der Waals surface area contributed by atoms with Crippen molar-refractivity contribution >= 4 is 10.0 Å². The molecule has 1 aliphatic rings. The van der Waals surface area contributed by atoms with E-state index in [0.717, 1.165) is 36.1 Å². The fourth-order valence-electron chi connectivity index (χ4n) is 2.93. The molecule has 0 aromatic heterocycles. The Morgan fingerprint density at radius 2 is 1.82 bits per heavy atom. The van der Waals surface area contributed by atoms with Crippen molar-refractivity contribution in [1.82, 2.24) is 4.31 Å². The fourth-order valence-corrected chi connectivity index (χ4v) is 4.69. The third kappa shape index (κ3) is 3.46. The molecule has 0 spiro atoms. The third-order valence-electron chi connectivity index (χ3n) is 4.16. The molecule has 22 heavy (non-hydrogen) atoms. The van der Waals surface area contributed by atoms with Crippen LogP contribution in [0.15, 0.2) is 17.0 Å². The number of ether oxygens (including phenoxy) is 1. The Morgan fingerprint density at radius 1 is 1.18 bits per heavy atom. The lowest BCUT2D eigenvalue weighted by Crippen LogP contribution is -2.36. The molecule has 1 aliphatic heterocycles. The van der Waals surface area contributed by atoms with Crippen LogP contribution in [0, 0.1) is 6.92 Å². The van der Waals surface area contributed by atoms with Gasteiger partial charge in [-0.2, -0.15) is 4.31 Å². The molecule has 0 bridgehead atoms. The van der Waals surface area contributed by atoms with Crippen LogP contribution in [-0.4, -0.2) is 32.4 Å². The molecular formula is C17H27NO3S. The Bertz CT molecular complexity index is 617. The zero-order valence-corrected chi connectivity index (χ0v) is 14.9. The topological polar surface area (TPSA) is 46.6 Å². The second kappa shape index (κ2) is 7.01. The highest BCUT2D eigenvalue weighted by atomic mass is 32.2. The van der Waals surface area contributed by atoms with Crippen LogP contribution in [0.1, 0.15) is 57.1 Å². The summed E-state index contributed by atoms with van der Waals surface area (Å²) in [6, 6.07) is 3.69. The first-order valence-corrected chi connectivity index (χ1v) is 9.59. The highest BCUT2D eigenvalue weighted by molar-refractivity contribution is 7.89. The molecule has 1 saturated heterocycles. The van der Waals surface area contributed by atoms with E-state index in [1.165, 1.54) is 0 Å². The van der Waals surface area contributed by atoms with Gasteiger partial charge >= 0.3 is 0 Å². The number of nitrogens with zero attached hydrogens (tertiary/aromatic N) is 1. The van der Waals surface area contributed by atoms with Gasteiger partial charge in [-0.1, -0.05) is 20.3 Å². The summed E-state index contributed by atoms with van der Waals surface area (Å²) in [4.78, 5) is 0.432. The van der Waals surface area contributed by atoms with Crippen molar-refractivity contribution in [2.75, 3.05) is 19.7 Å². The van der Waals surface area contributed by atoms with Gasteiger partial charge in [0.1, 0.15) is 5.75 Å². The molecule has 0 N–H and O–H groups in total. The van der Waals surface area contributed by atoms with Gasteiger partial charge < -0.3 is 4.74 Å². The summed E-state index contributed by atoms with van der Waals surface area (Å²) in [5, 5.41) is 0. The first-order valence-electron chi connectivity index (χ1n) is 8.15. The largest absolute Gasteiger partial charge is 0.494 e. The zero-order valence-electron chi connectivity index (χ0n) is 14.1. The maximum atomic E-state index is 12.9. The standard InChI is InChI=1S/C17H27NO3S/c1-5-21-16-11-14(4)17(12-15(16)13(2)3)22(19,20)18-9-7-6-8-10-18/h11-13H,5-10H2,1-4H3. The van der Waals surface area contributed by atoms with Crippen molar-refractivity contribution < 1.29 is 13.2 Å². The minimum absolute atomic E-state index is 0.220. The molecule has 0 unspecified atom stereocenters. The van der Waals surface area contributed by atoms with Gasteiger partial charge in [-0.15, -0.1) is 0 Å². The van der Waals surface area contributed by atoms with E-state index in [0.29, 0.717) is 24.6 Å². The number of aryl methyl sites for hydroxylation is 1. The summed E-state index contributed by atoms with van der Waals surface area (Å²) < 4.78 is 33.2. The Hall–Kier alpha value is -1.07. The van der Waals surface area contributed by atoms with E-state index in [1.807, 2.05) is 26.0 Å². The molecule has 0 saturated carbocycles. The number of benzene rings is 1. The monoisotopic (exact) mass is 325 g/mol. The molecule has 1 fully saturated rings. The molecule has 0 radical (unpaired) electrons. The molecule has 2 rings (SSSR count). The van der Waals surface area contributed by atoms with E-state index in [2.05, 4.69) is 13.8 Å². The van der Waals surface area contributed by atoms with Crippen LogP contribution < -0.4 is 4.74 Å². The second-order valence-corrected chi connectivity index (χ2v) is 8.11. The summed E-state index contributed by atoms with van der Waals surface area (Å²) in [6.45, 7) is 9.76. The summed E-state index contributed by atoms with van der Waals surface area (Å²) >= 11 is 0. The van der Waals surface area contributed by atoms with Crippen molar-refractivity contribution in [3.05, 3.63) is 23.3 Å². The van der Waals surface area contributed by atoms with E-state index in [9.17, 15) is 8.42 Å². The first kappa shape index (κ1) is 17.3. The van der Waals surface area contributed by atoms with Gasteiger partial charge in [0.2, 0.25) is 10.0 Å². The van der Waals surface area contributed by atoms with Crippen LogP contribution in [0.2, 0.25) is 0 Å². The zero-order chi connectivity index (χ0) is 16.3. The number of rotatable bonds is 5. The van der Waals surface area contributed by atoms with Crippen molar-refractivity contribution in [2.24, 2.45) is 0 Å². The van der Waals surface area contributed by atoms with Crippen LogP contribution in [0.3, 0.4) is 0 Å². The van der Waals surface area contributed by atoms with Gasteiger partial charge in [0, 0.05) is 13.1 Å². The normalized spacial score (nSPS) is 17.0. The van der Waals surface area contributed by atoms with Crippen LogP contribution in [-0.2, 0) is 10.0 Å². The van der Waals surface area contributed by atoms with E-state index >= 15 is 0 Å². The van der Waals surface area contributed by atoms with Crippen LogP contribution in [0.4, 0.5) is 0 Å². The molecule has 1 aromatic rings. The maximum absolute atomic E-state index is 12.9. The van der Waals surface area contributed by atoms with Crippen molar-refractivity contribution in [3.8, 4) is 5.75 Å². The molecule has 0 atom stereocenters. The summed E-state index contributed by atoms with van der Waals surface area (Å²) in [5.41, 5.74) is 1.72. The van der Waals surface area contributed by atoms with Gasteiger partial charge in [0.05, 0.1) is 11.5 Å². The number of hydrogen-bond donors (Lipinski definition) is 0. The van der Waals surface area contributed by atoms with Gasteiger partial charge in [-0.05, 0) is 55.9 Å². The lowest BCUT2D eigenvalue weighted by atomic mass is 10.0. The SMILES string of the molecule is CCOc1cc(C)c(S(=O)(=O)N2CCCCC2)cc1C(C)C. The van der Waals surface area contributed by atoms with E-state index in [4.69, 9.17) is 4.74 Å². The predicted molar refractivity (Wildman–Crippen MR) is 89.0 cm³/mol. The lowest BCUT2D eigenvalue weighted by Gasteiger charge is -2.27. The molecule has 5 heteroatoms. The summed E-state index contributed by atoms with van der Waals surface area (Å²) in [7, 11) is -3.40. The number of sulfonamides is 1. The molecule has 1 heterocycles. The highest BCUT2D eigenvalue weighted by Crippen LogP contribution is 2.33. The van der Waals surface area contributed by atoms with Gasteiger partial charge in [0.15, 0.2) is 0 Å². The second-order valence-electron chi connectivity index (χ2n) is 6.21. The third-order valence-corrected chi connectivity index (χ3v) is 6.20. The van der Waals surface area contributed by atoms with Crippen molar-refractivity contribution in [2.45, 2.75) is 57.8 Å². The predicted octanol–water partition coefficient (Wildman–Crippen LogP) is 3.69. The molecule has 0 amide bonds. The van der Waals surface area contributed by atoms with Crippen LogP contribution >= 0.6 is 0 Å². The fraction of sp³-hybridized carbons (Fsp3) is 0.647. The lowest BCUT2D eigenvalue weighted by molar-refractivity contribution is 0.334. The minimum Gasteiger partial charge on any atom is -0.494 e. The summed E-state index contributed by atoms with van der Waals surface area (Å²) in [5.74, 6) is 1.02. The van der Waals surface area contributed by atoms with Gasteiger partial charge in [0.25, 0.3) is 0 Å². The maximum Gasteiger partial charge on any atom is 0.243 e. The average molecular weight is 325 g/mol. The molecule has 124 valence electrons. The van der Waals surface area contributed by atoms with E-state index < -0.39 is 10.0 Å². The number of hydrogen-bond acceptors (Lipinski definition) is 3.